The van der Waals surface area contributed by atoms with E-state index in [1.807, 2.05) is 16.7 Å². The first-order valence-electron chi connectivity index (χ1n) is 8.64. The second-order valence-corrected chi connectivity index (χ2v) is 7.25. The number of thioether (sulfide) groups is 1. The summed E-state index contributed by atoms with van der Waals surface area (Å²) in [6.45, 7) is 2.82. The number of ether oxygens (including phenoxy) is 1. The van der Waals surface area contributed by atoms with Gasteiger partial charge in [-0.2, -0.15) is 0 Å². The van der Waals surface area contributed by atoms with Gasteiger partial charge in [-0.25, -0.2) is 4.39 Å². The third-order valence-corrected chi connectivity index (χ3v) is 5.02. The van der Waals surface area contributed by atoms with Gasteiger partial charge in [-0.1, -0.05) is 11.8 Å². The van der Waals surface area contributed by atoms with Crippen LogP contribution in [0.5, 0.6) is 0 Å². The lowest BCUT2D eigenvalue weighted by Gasteiger charge is -2.13. The van der Waals surface area contributed by atoms with Gasteiger partial charge in [0.25, 0.3) is 0 Å². The maximum Gasteiger partial charge on any atom is 0.237 e. The van der Waals surface area contributed by atoms with E-state index in [2.05, 4.69) is 20.5 Å². The molecule has 1 atom stereocenters. The number of amides is 1. The highest BCUT2D eigenvalue weighted by atomic mass is 32.2. The molecule has 0 saturated carbocycles. The molecule has 1 aromatic carbocycles. The number of benzene rings is 1. The van der Waals surface area contributed by atoms with Crippen LogP contribution in [-0.4, -0.2) is 44.6 Å². The summed E-state index contributed by atoms with van der Waals surface area (Å²) >= 11 is 1.30. The number of anilines is 1. The summed E-state index contributed by atoms with van der Waals surface area (Å²) in [6, 6.07) is 9.35. The Bertz CT molecular complexity index is 918. The number of hydrogen-bond acceptors (Lipinski definition) is 6. The lowest BCUT2D eigenvalue weighted by Crippen LogP contribution is -2.23. The van der Waals surface area contributed by atoms with Crippen molar-refractivity contribution in [1.29, 1.82) is 0 Å². The largest absolute Gasteiger partial charge is 0.383 e. The zero-order chi connectivity index (χ0) is 19.9. The van der Waals surface area contributed by atoms with Crippen molar-refractivity contribution < 1.29 is 13.9 Å². The summed E-state index contributed by atoms with van der Waals surface area (Å²) in [5, 5.41) is 11.5. The van der Waals surface area contributed by atoms with E-state index in [-0.39, 0.29) is 11.7 Å². The van der Waals surface area contributed by atoms with Gasteiger partial charge in [0.2, 0.25) is 5.91 Å². The number of methoxy groups -OCH3 is 1. The summed E-state index contributed by atoms with van der Waals surface area (Å²) in [6.07, 6.45) is 3.38. The molecular weight excluding hydrogens is 381 g/mol. The van der Waals surface area contributed by atoms with E-state index >= 15 is 0 Å². The zero-order valence-corrected chi connectivity index (χ0v) is 16.3. The monoisotopic (exact) mass is 401 g/mol. The first-order valence-corrected chi connectivity index (χ1v) is 9.52. The van der Waals surface area contributed by atoms with Gasteiger partial charge in [-0.3, -0.25) is 14.3 Å². The molecule has 9 heteroatoms. The van der Waals surface area contributed by atoms with E-state index in [1.165, 1.54) is 36.0 Å². The van der Waals surface area contributed by atoms with Gasteiger partial charge in [0.15, 0.2) is 11.0 Å². The predicted octanol–water partition coefficient (Wildman–Crippen LogP) is 3.24. The van der Waals surface area contributed by atoms with Crippen molar-refractivity contribution in [2.75, 3.05) is 19.0 Å². The molecule has 0 fully saturated rings. The topological polar surface area (TPSA) is 81.9 Å². The summed E-state index contributed by atoms with van der Waals surface area (Å²) < 4.78 is 20.1. The first-order chi connectivity index (χ1) is 13.6. The quantitative estimate of drug-likeness (QED) is 0.584. The molecule has 7 nitrogen and oxygen atoms in total. The average molecular weight is 401 g/mol. The van der Waals surface area contributed by atoms with Gasteiger partial charge in [-0.05, 0) is 43.3 Å². The highest BCUT2D eigenvalue weighted by molar-refractivity contribution is 8.00. The molecule has 0 spiro atoms. The highest BCUT2D eigenvalue weighted by Crippen LogP contribution is 2.27. The lowest BCUT2D eigenvalue weighted by atomic mass is 10.2. The van der Waals surface area contributed by atoms with Crippen LogP contribution in [0.25, 0.3) is 11.4 Å². The minimum absolute atomic E-state index is 0.205. The molecule has 0 saturated heterocycles. The summed E-state index contributed by atoms with van der Waals surface area (Å²) in [4.78, 5) is 16.5. The molecule has 0 radical (unpaired) electrons. The number of pyridine rings is 1. The van der Waals surface area contributed by atoms with Crippen molar-refractivity contribution >= 4 is 23.4 Å². The molecule has 146 valence electrons. The Labute approximate surface area is 166 Å². The molecule has 1 N–H and O–H groups in total. The fraction of sp³-hybridized carbons (Fsp3) is 0.263. The molecule has 0 aliphatic carbocycles. The van der Waals surface area contributed by atoms with Crippen molar-refractivity contribution in [3.63, 3.8) is 0 Å². The van der Waals surface area contributed by atoms with Gasteiger partial charge in [0, 0.05) is 30.8 Å². The van der Waals surface area contributed by atoms with Crippen LogP contribution in [0.4, 0.5) is 10.1 Å². The number of hydrogen-bond donors (Lipinski definition) is 1. The summed E-state index contributed by atoms with van der Waals surface area (Å²) in [5.74, 6) is 0.131. The fourth-order valence-corrected chi connectivity index (χ4v) is 3.34. The van der Waals surface area contributed by atoms with Crippen molar-refractivity contribution in [1.82, 2.24) is 19.7 Å². The van der Waals surface area contributed by atoms with Gasteiger partial charge >= 0.3 is 0 Å². The minimum Gasteiger partial charge on any atom is -0.383 e. The molecule has 0 aliphatic heterocycles. The second kappa shape index (κ2) is 9.43. The van der Waals surface area contributed by atoms with E-state index in [9.17, 15) is 9.18 Å². The Morgan fingerprint density at radius 3 is 2.61 bits per heavy atom. The Morgan fingerprint density at radius 1 is 1.21 bits per heavy atom. The fourth-order valence-electron chi connectivity index (χ4n) is 2.46. The van der Waals surface area contributed by atoms with Crippen LogP contribution in [0.3, 0.4) is 0 Å². The molecule has 0 aliphatic rings. The van der Waals surface area contributed by atoms with Gasteiger partial charge < -0.3 is 10.1 Å². The Kier molecular flexibility index (Phi) is 6.72. The van der Waals surface area contributed by atoms with Crippen LogP contribution in [0.15, 0.2) is 53.9 Å². The van der Waals surface area contributed by atoms with E-state index < -0.39 is 5.25 Å². The molecule has 0 bridgehead atoms. The number of halogens is 1. The maximum absolute atomic E-state index is 13.0. The standard InChI is InChI=1S/C19H20FN5O2S/c1-13(18(26)22-16-5-3-15(20)4-6-16)28-19-24-23-17(25(19)11-12-27-2)14-7-9-21-10-8-14/h3-10,13H,11-12H2,1-2H3,(H,22,26)/t13-/m0/s1. The Balaban J connectivity index is 1.75. The van der Waals surface area contributed by atoms with Gasteiger partial charge in [0.05, 0.1) is 18.4 Å². The third-order valence-electron chi connectivity index (χ3n) is 3.94. The molecule has 3 rings (SSSR count). The first kappa shape index (κ1) is 20.0. The number of nitrogens with one attached hydrogen (secondary N) is 1. The molecule has 28 heavy (non-hydrogen) atoms. The van der Waals surface area contributed by atoms with Crippen molar-refractivity contribution in [3.8, 4) is 11.4 Å². The van der Waals surface area contributed by atoms with E-state index in [4.69, 9.17) is 4.74 Å². The van der Waals surface area contributed by atoms with Crippen LogP contribution in [0.2, 0.25) is 0 Å². The lowest BCUT2D eigenvalue weighted by molar-refractivity contribution is -0.115. The van der Waals surface area contributed by atoms with Crippen LogP contribution in [-0.2, 0) is 16.1 Å². The third kappa shape index (κ3) is 4.93. The Hall–Kier alpha value is -2.78. The smallest absolute Gasteiger partial charge is 0.237 e. The predicted molar refractivity (Wildman–Crippen MR) is 105 cm³/mol. The normalized spacial score (nSPS) is 12.0. The van der Waals surface area contributed by atoms with E-state index in [0.29, 0.717) is 29.8 Å². The van der Waals surface area contributed by atoms with Gasteiger partial charge in [-0.15, -0.1) is 10.2 Å². The molecule has 2 heterocycles. The van der Waals surface area contributed by atoms with Crippen LogP contribution in [0.1, 0.15) is 6.92 Å². The zero-order valence-electron chi connectivity index (χ0n) is 15.5. The van der Waals surface area contributed by atoms with Crippen LogP contribution >= 0.6 is 11.8 Å². The average Bonchev–Trinajstić information content (AvgIpc) is 3.11. The highest BCUT2D eigenvalue weighted by Gasteiger charge is 2.21. The summed E-state index contributed by atoms with van der Waals surface area (Å²) in [5.41, 5.74) is 1.42. The van der Waals surface area contributed by atoms with Crippen molar-refractivity contribution in [2.45, 2.75) is 23.9 Å². The molecule has 1 amide bonds. The minimum atomic E-state index is -0.430. The number of aromatic nitrogens is 4. The van der Waals surface area contributed by atoms with E-state index in [0.717, 1.165) is 5.56 Å². The number of carbonyl (C=O) groups excluding carboxylic acids is 1. The van der Waals surface area contributed by atoms with E-state index in [1.54, 1.807) is 26.4 Å². The molecule has 3 aromatic rings. The molecule has 2 aromatic heterocycles. The van der Waals surface area contributed by atoms with Crippen LogP contribution in [0, 0.1) is 5.82 Å². The van der Waals surface area contributed by atoms with Crippen molar-refractivity contribution in [3.05, 3.63) is 54.6 Å². The summed E-state index contributed by atoms with van der Waals surface area (Å²) in [7, 11) is 1.63. The van der Waals surface area contributed by atoms with Crippen LogP contribution < -0.4 is 5.32 Å². The number of rotatable bonds is 8. The molecule has 0 unspecified atom stereocenters. The Morgan fingerprint density at radius 2 is 1.93 bits per heavy atom. The second-order valence-electron chi connectivity index (χ2n) is 5.94. The maximum atomic E-state index is 13.0. The molecular formula is C19H20FN5O2S. The van der Waals surface area contributed by atoms with Gasteiger partial charge in [0.1, 0.15) is 5.82 Å². The number of nitrogens with zero attached hydrogens (tertiary/aromatic N) is 4. The SMILES string of the molecule is COCCn1c(S[C@@H](C)C(=O)Nc2ccc(F)cc2)nnc1-c1ccncc1. The number of carbonyl (C=O) groups is 1. The van der Waals surface area contributed by atoms with Crippen molar-refractivity contribution in [2.24, 2.45) is 0 Å².